The van der Waals surface area contributed by atoms with E-state index in [4.69, 9.17) is 14.2 Å². The molecular weight excluding hydrogens is 464 g/mol. The number of aromatic amines is 1. The van der Waals surface area contributed by atoms with Gasteiger partial charge in [-0.2, -0.15) is 4.98 Å². The van der Waals surface area contributed by atoms with Crippen LogP contribution in [0.25, 0.3) is 10.9 Å². The lowest BCUT2D eigenvalue weighted by Crippen LogP contribution is -2.52. The Morgan fingerprint density at radius 1 is 1.14 bits per heavy atom. The van der Waals surface area contributed by atoms with Crippen molar-refractivity contribution in [2.24, 2.45) is 0 Å². The molecule has 0 radical (unpaired) electrons. The number of ether oxygens (including phenoxy) is 3. The van der Waals surface area contributed by atoms with Crippen molar-refractivity contribution in [3.05, 3.63) is 46.4 Å². The third-order valence-electron chi connectivity index (χ3n) is 6.82. The molecule has 0 atom stereocenters. The number of nitrogens with one attached hydrogen (secondary N) is 2. The van der Waals surface area contributed by atoms with Crippen LogP contribution in [0, 0.1) is 19.1 Å². The number of hydroxylamine groups is 3. The van der Waals surface area contributed by atoms with Gasteiger partial charge in [-0.25, -0.2) is 4.98 Å². The molecule has 4 heterocycles. The van der Waals surface area contributed by atoms with Crippen LogP contribution in [0.2, 0.25) is 0 Å². The fourth-order valence-electron chi connectivity index (χ4n) is 4.46. The number of amides is 1. The molecule has 0 unspecified atom stereocenters. The zero-order valence-electron chi connectivity index (χ0n) is 20.7. The van der Waals surface area contributed by atoms with Crippen LogP contribution >= 0.6 is 0 Å². The Balaban J connectivity index is 1.35. The Hall–Kier alpha value is -3.25. The molecular formula is C25H32N6O5. The van der Waals surface area contributed by atoms with Gasteiger partial charge < -0.3 is 39.3 Å². The number of quaternary nitrogens is 1. The van der Waals surface area contributed by atoms with Crippen molar-refractivity contribution in [3.63, 3.8) is 0 Å². The van der Waals surface area contributed by atoms with Crippen LogP contribution in [0.4, 0.5) is 11.6 Å². The molecule has 0 aliphatic carbocycles. The Bertz CT molecular complexity index is 1230. The Morgan fingerprint density at radius 2 is 1.89 bits per heavy atom. The lowest BCUT2D eigenvalue weighted by Gasteiger charge is -2.44. The first-order valence-corrected chi connectivity index (χ1v) is 12.3. The predicted molar refractivity (Wildman–Crippen MR) is 135 cm³/mol. The molecule has 2 fully saturated rings. The summed E-state index contributed by atoms with van der Waals surface area (Å²) in [7, 11) is 0. The van der Waals surface area contributed by atoms with Gasteiger partial charge in [-0.15, -0.1) is 0 Å². The molecule has 0 saturated carbocycles. The number of benzene rings is 1. The Kier molecular flexibility index (Phi) is 7.06. The smallest absolute Gasteiger partial charge is 0.274 e. The molecule has 11 heteroatoms. The van der Waals surface area contributed by atoms with E-state index in [2.05, 4.69) is 20.3 Å². The molecule has 0 spiro atoms. The zero-order valence-corrected chi connectivity index (χ0v) is 20.7. The maximum absolute atomic E-state index is 13.2. The summed E-state index contributed by atoms with van der Waals surface area (Å²) >= 11 is 0. The van der Waals surface area contributed by atoms with Gasteiger partial charge in [-0.3, -0.25) is 4.79 Å². The van der Waals surface area contributed by atoms with Crippen molar-refractivity contribution in [1.29, 1.82) is 0 Å². The second kappa shape index (κ2) is 10.4. The van der Waals surface area contributed by atoms with Crippen molar-refractivity contribution in [1.82, 2.24) is 15.0 Å². The summed E-state index contributed by atoms with van der Waals surface area (Å²) in [4.78, 5) is 27.6. The SMILES string of the molecule is Cc1[nH]c2ccc(NC(=O)c3cc(OCC[N+]4([O-])CCOCC4)nc(N4CCOCC4)n3)cc2c1C. The number of fused-ring (bicyclic) bond motifs is 1. The summed E-state index contributed by atoms with van der Waals surface area (Å²) in [5, 5.41) is 16.8. The first kappa shape index (κ1) is 24.4. The normalized spacial score (nSPS) is 17.8. The van der Waals surface area contributed by atoms with Crippen molar-refractivity contribution >= 4 is 28.4 Å². The highest BCUT2D eigenvalue weighted by atomic mass is 16.6. The summed E-state index contributed by atoms with van der Waals surface area (Å²) in [5.41, 5.74) is 4.14. The number of morpholine rings is 2. The minimum atomic E-state index is -0.360. The van der Waals surface area contributed by atoms with Gasteiger partial charge in [-0.1, -0.05) is 0 Å². The van der Waals surface area contributed by atoms with Crippen molar-refractivity contribution in [2.75, 3.05) is 76.0 Å². The average Bonchev–Trinajstić information content (AvgIpc) is 3.17. The van der Waals surface area contributed by atoms with Crippen molar-refractivity contribution in [2.45, 2.75) is 13.8 Å². The third-order valence-corrected chi connectivity index (χ3v) is 6.82. The number of nitrogens with zero attached hydrogens (tertiary/aromatic N) is 4. The molecule has 1 aromatic carbocycles. The number of anilines is 2. The molecule has 3 aromatic rings. The van der Waals surface area contributed by atoms with Gasteiger partial charge in [0.05, 0.1) is 26.4 Å². The van der Waals surface area contributed by atoms with Crippen LogP contribution < -0.4 is 15.0 Å². The minimum absolute atomic E-state index is 0.187. The monoisotopic (exact) mass is 496 g/mol. The van der Waals surface area contributed by atoms with Gasteiger partial charge in [0.25, 0.3) is 5.91 Å². The van der Waals surface area contributed by atoms with E-state index < -0.39 is 0 Å². The van der Waals surface area contributed by atoms with E-state index in [0.29, 0.717) is 64.2 Å². The maximum Gasteiger partial charge on any atom is 0.274 e. The number of carbonyl (C=O) groups excluding carboxylic acids is 1. The van der Waals surface area contributed by atoms with Crippen molar-refractivity contribution in [3.8, 4) is 5.88 Å². The van der Waals surface area contributed by atoms with Gasteiger partial charge in [0, 0.05) is 41.4 Å². The Labute approximate surface area is 209 Å². The van der Waals surface area contributed by atoms with Crippen LogP contribution in [0.1, 0.15) is 21.7 Å². The fraction of sp³-hybridized carbons (Fsp3) is 0.480. The third kappa shape index (κ3) is 5.44. The van der Waals surface area contributed by atoms with E-state index >= 15 is 0 Å². The molecule has 2 N–H and O–H groups in total. The second-order valence-electron chi connectivity index (χ2n) is 9.27. The highest BCUT2D eigenvalue weighted by molar-refractivity contribution is 6.04. The number of aromatic nitrogens is 3. The molecule has 2 aromatic heterocycles. The Morgan fingerprint density at radius 3 is 2.67 bits per heavy atom. The molecule has 5 rings (SSSR count). The van der Waals surface area contributed by atoms with Gasteiger partial charge in [0.15, 0.2) is 0 Å². The van der Waals surface area contributed by atoms with E-state index in [0.717, 1.165) is 22.2 Å². The van der Waals surface area contributed by atoms with Crippen LogP contribution in [0.5, 0.6) is 5.88 Å². The second-order valence-corrected chi connectivity index (χ2v) is 9.27. The first-order valence-electron chi connectivity index (χ1n) is 12.3. The van der Waals surface area contributed by atoms with E-state index in [1.807, 2.05) is 36.9 Å². The molecule has 2 aliphatic heterocycles. The number of hydrogen-bond acceptors (Lipinski definition) is 8. The van der Waals surface area contributed by atoms with E-state index in [-0.39, 0.29) is 35.3 Å². The summed E-state index contributed by atoms with van der Waals surface area (Å²) < 4.78 is 16.3. The summed E-state index contributed by atoms with van der Waals surface area (Å²) in [6.45, 7) is 8.63. The molecule has 2 aliphatic rings. The largest absolute Gasteiger partial charge is 0.633 e. The van der Waals surface area contributed by atoms with Gasteiger partial charge >= 0.3 is 0 Å². The molecule has 36 heavy (non-hydrogen) atoms. The summed E-state index contributed by atoms with van der Waals surface area (Å²) in [6.07, 6.45) is 0. The molecule has 2 saturated heterocycles. The van der Waals surface area contributed by atoms with E-state index in [1.54, 1.807) is 0 Å². The van der Waals surface area contributed by atoms with Crippen LogP contribution in [-0.4, -0.2) is 91.3 Å². The van der Waals surface area contributed by atoms with Gasteiger partial charge in [0.1, 0.15) is 31.9 Å². The summed E-state index contributed by atoms with van der Waals surface area (Å²) in [5.74, 6) is 0.316. The zero-order chi connectivity index (χ0) is 25.1. The lowest BCUT2D eigenvalue weighted by molar-refractivity contribution is -0.888. The molecule has 11 nitrogen and oxygen atoms in total. The van der Waals surface area contributed by atoms with Gasteiger partial charge in [-0.05, 0) is 37.6 Å². The van der Waals surface area contributed by atoms with E-state index in [1.165, 1.54) is 6.07 Å². The number of H-pyrrole nitrogens is 1. The quantitative estimate of drug-likeness (QED) is 0.377. The van der Waals surface area contributed by atoms with E-state index in [9.17, 15) is 10.0 Å². The molecule has 192 valence electrons. The number of rotatable bonds is 7. The molecule has 1 amide bonds. The summed E-state index contributed by atoms with van der Waals surface area (Å²) in [6, 6.07) is 7.29. The maximum atomic E-state index is 13.2. The minimum Gasteiger partial charge on any atom is -0.633 e. The number of carbonyl (C=O) groups is 1. The fourth-order valence-corrected chi connectivity index (χ4v) is 4.46. The lowest BCUT2D eigenvalue weighted by atomic mass is 10.1. The van der Waals surface area contributed by atoms with Crippen molar-refractivity contribution < 1.29 is 23.7 Å². The number of aryl methyl sites for hydroxylation is 2. The van der Waals surface area contributed by atoms with Crippen LogP contribution in [-0.2, 0) is 9.47 Å². The van der Waals surface area contributed by atoms with Gasteiger partial charge in [0.2, 0.25) is 11.8 Å². The van der Waals surface area contributed by atoms with Crippen LogP contribution in [0.15, 0.2) is 24.3 Å². The first-order chi connectivity index (χ1) is 17.4. The molecule has 0 bridgehead atoms. The standard InChI is InChI=1S/C25H32N6O5/c1-17-18(2)26-21-4-3-19(15-20(17)21)27-24(32)22-16-23(29-25(28-22)30-5-10-34-11-6-30)36-14-9-31(33)7-12-35-13-8-31/h3-4,15-16,26H,5-14H2,1-2H3,(H,27,32). The predicted octanol–water partition coefficient (Wildman–Crippen LogP) is 2.39. The topological polar surface area (TPSA) is 125 Å². The highest BCUT2D eigenvalue weighted by Gasteiger charge is 2.23. The number of hydrogen-bond donors (Lipinski definition) is 2. The highest BCUT2D eigenvalue weighted by Crippen LogP contribution is 2.25. The van der Waals surface area contributed by atoms with Crippen LogP contribution in [0.3, 0.4) is 0 Å². The average molecular weight is 497 g/mol.